The van der Waals surface area contributed by atoms with E-state index in [4.69, 9.17) is 4.74 Å². The highest BCUT2D eigenvalue weighted by Crippen LogP contribution is 2.03. The van der Waals surface area contributed by atoms with Crippen molar-refractivity contribution in [3.8, 4) is 0 Å². The van der Waals surface area contributed by atoms with Crippen LogP contribution in [0, 0.1) is 0 Å². The van der Waals surface area contributed by atoms with Crippen LogP contribution < -0.4 is 5.32 Å². The highest BCUT2D eigenvalue weighted by atomic mass is 32.2. The number of likely N-dealkylation sites (N-methyl/N-ethyl adjacent to an activating group) is 1. The van der Waals surface area contributed by atoms with E-state index < -0.39 is 0 Å². The molecule has 0 fully saturated rings. The zero-order chi connectivity index (χ0) is 8.69. The quantitative estimate of drug-likeness (QED) is 0.664. The van der Waals surface area contributed by atoms with Gasteiger partial charge in [0.25, 0.3) is 0 Å². The van der Waals surface area contributed by atoms with E-state index in [1.165, 1.54) is 0 Å². The van der Waals surface area contributed by atoms with Gasteiger partial charge in [-0.2, -0.15) is 11.8 Å². The van der Waals surface area contributed by atoms with Crippen LogP contribution in [0.25, 0.3) is 0 Å². The van der Waals surface area contributed by atoms with E-state index in [0.717, 1.165) is 12.2 Å². The predicted molar refractivity (Wildman–Crippen MR) is 47.9 cm³/mol. The van der Waals surface area contributed by atoms with Gasteiger partial charge in [0.2, 0.25) is 5.91 Å². The summed E-state index contributed by atoms with van der Waals surface area (Å²) in [4.78, 5) is 11.0. The van der Waals surface area contributed by atoms with Crippen LogP contribution in [0.1, 0.15) is 6.42 Å². The normalized spacial score (nSPS) is 12.6. The average Bonchev–Trinajstić information content (AvgIpc) is 2.05. The summed E-state index contributed by atoms with van der Waals surface area (Å²) in [7, 11) is 3.17. The van der Waals surface area contributed by atoms with Crippen molar-refractivity contribution in [3.63, 3.8) is 0 Å². The van der Waals surface area contributed by atoms with Crippen LogP contribution in [0.3, 0.4) is 0 Å². The first-order valence-electron chi connectivity index (χ1n) is 3.49. The maximum Gasteiger partial charge on any atom is 0.248 e. The Balaban J connectivity index is 3.65. The van der Waals surface area contributed by atoms with Gasteiger partial charge in [-0.3, -0.25) is 4.79 Å². The first-order valence-corrected chi connectivity index (χ1v) is 4.89. The van der Waals surface area contributed by atoms with Crippen molar-refractivity contribution in [1.29, 1.82) is 0 Å². The molecule has 0 rings (SSSR count). The summed E-state index contributed by atoms with van der Waals surface area (Å²) in [6.45, 7) is 0. The molecule has 1 N–H and O–H groups in total. The molecule has 0 aliphatic heterocycles. The summed E-state index contributed by atoms with van der Waals surface area (Å²) < 4.78 is 4.98. The van der Waals surface area contributed by atoms with Gasteiger partial charge in [0.15, 0.2) is 0 Å². The van der Waals surface area contributed by atoms with Crippen LogP contribution in [0.2, 0.25) is 0 Å². The van der Waals surface area contributed by atoms with E-state index >= 15 is 0 Å². The number of carbonyl (C=O) groups excluding carboxylic acids is 1. The molecule has 1 atom stereocenters. The molecule has 0 aromatic heterocycles. The third-order valence-corrected chi connectivity index (χ3v) is 2.05. The van der Waals surface area contributed by atoms with E-state index in [-0.39, 0.29) is 12.0 Å². The van der Waals surface area contributed by atoms with E-state index in [0.29, 0.717) is 0 Å². The van der Waals surface area contributed by atoms with Crippen LogP contribution in [-0.4, -0.2) is 38.2 Å². The monoisotopic (exact) mass is 177 g/mol. The minimum absolute atomic E-state index is 0.0402. The molecule has 0 aromatic carbocycles. The third kappa shape index (κ3) is 4.27. The zero-order valence-electron chi connectivity index (χ0n) is 7.22. The molecule has 1 amide bonds. The second kappa shape index (κ2) is 6.49. The lowest BCUT2D eigenvalue weighted by molar-refractivity contribution is -0.130. The molecule has 0 aliphatic rings. The number of thioether (sulfide) groups is 1. The first-order chi connectivity index (χ1) is 5.26. The summed E-state index contributed by atoms with van der Waals surface area (Å²) in [5, 5.41) is 2.55. The van der Waals surface area contributed by atoms with E-state index in [1.807, 2.05) is 6.26 Å². The Hall–Kier alpha value is -0.220. The SMILES string of the molecule is CNC(=O)C(CCSC)OC. The number of hydrogen-bond acceptors (Lipinski definition) is 3. The lowest BCUT2D eigenvalue weighted by atomic mass is 10.2. The molecule has 0 saturated carbocycles. The summed E-state index contributed by atoms with van der Waals surface area (Å²) in [5.41, 5.74) is 0. The van der Waals surface area contributed by atoms with Crippen molar-refractivity contribution >= 4 is 17.7 Å². The smallest absolute Gasteiger partial charge is 0.248 e. The molecule has 0 radical (unpaired) electrons. The van der Waals surface area contributed by atoms with E-state index in [2.05, 4.69) is 5.32 Å². The molecule has 0 bridgehead atoms. The maximum atomic E-state index is 11.0. The molecule has 0 saturated heterocycles. The van der Waals surface area contributed by atoms with Crippen LogP contribution in [0.4, 0.5) is 0 Å². The number of methoxy groups -OCH3 is 1. The van der Waals surface area contributed by atoms with E-state index in [1.54, 1.807) is 25.9 Å². The summed E-state index contributed by atoms with van der Waals surface area (Å²) in [6.07, 6.45) is 2.50. The van der Waals surface area contributed by atoms with Gasteiger partial charge in [-0.15, -0.1) is 0 Å². The topological polar surface area (TPSA) is 38.3 Å². The van der Waals surface area contributed by atoms with Gasteiger partial charge in [-0.25, -0.2) is 0 Å². The fraction of sp³-hybridized carbons (Fsp3) is 0.857. The van der Waals surface area contributed by atoms with Gasteiger partial charge in [0.1, 0.15) is 6.10 Å². The van der Waals surface area contributed by atoms with Gasteiger partial charge < -0.3 is 10.1 Å². The number of ether oxygens (including phenoxy) is 1. The lowest BCUT2D eigenvalue weighted by Gasteiger charge is -2.11. The number of rotatable bonds is 5. The Labute approximate surface area is 71.9 Å². The van der Waals surface area contributed by atoms with Gasteiger partial charge in [-0.1, -0.05) is 0 Å². The van der Waals surface area contributed by atoms with Gasteiger partial charge in [0.05, 0.1) is 0 Å². The Kier molecular flexibility index (Phi) is 6.36. The molecule has 3 nitrogen and oxygen atoms in total. The molecule has 0 aliphatic carbocycles. The van der Waals surface area contributed by atoms with Crippen LogP contribution in [-0.2, 0) is 9.53 Å². The minimum Gasteiger partial charge on any atom is -0.372 e. The lowest BCUT2D eigenvalue weighted by Crippen LogP contribution is -2.33. The van der Waals surface area contributed by atoms with Crippen molar-refractivity contribution in [2.24, 2.45) is 0 Å². The third-order valence-electron chi connectivity index (χ3n) is 1.41. The summed E-state index contributed by atoms with van der Waals surface area (Å²) in [5.74, 6) is 0.910. The molecule has 0 spiro atoms. The fourth-order valence-corrected chi connectivity index (χ4v) is 1.19. The average molecular weight is 177 g/mol. The van der Waals surface area contributed by atoms with Crippen molar-refractivity contribution in [3.05, 3.63) is 0 Å². The number of carbonyl (C=O) groups is 1. The van der Waals surface area contributed by atoms with Crippen molar-refractivity contribution < 1.29 is 9.53 Å². The Bertz CT molecular complexity index is 119. The van der Waals surface area contributed by atoms with Gasteiger partial charge in [-0.05, 0) is 18.4 Å². The molecule has 11 heavy (non-hydrogen) atoms. The molecule has 4 heteroatoms. The second-order valence-corrected chi connectivity index (χ2v) is 3.11. The van der Waals surface area contributed by atoms with Crippen molar-refractivity contribution in [1.82, 2.24) is 5.32 Å². The molecule has 0 aromatic rings. The molecular weight excluding hydrogens is 162 g/mol. The van der Waals surface area contributed by atoms with Crippen LogP contribution in [0.15, 0.2) is 0 Å². The highest BCUT2D eigenvalue weighted by Gasteiger charge is 2.14. The minimum atomic E-state index is -0.285. The van der Waals surface area contributed by atoms with Crippen molar-refractivity contribution in [2.45, 2.75) is 12.5 Å². The zero-order valence-corrected chi connectivity index (χ0v) is 8.03. The number of amides is 1. The van der Waals surface area contributed by atoms with Gasteiger partial charge >= 0.3 is 0 Å². The summed E-state index contributed by atoms with van der Waals surface area (Å²) in [6, 6.07) is 0. The fourth-order valence-electron chi connectivity index (χ4n) is 0.742. The van der Waals surface area contributed by atoms with Gasteiger partial charge in [0, 0.05) is 14.2 Å². The molecule has 0 heterocycles. The number of hydrogen-bond donors (Lipinski definition) is 1. The van der Waals surface area contributed by atoms with Crippen LogP contribution in [0.5, 0.6) is 0 Å². The van der Waals surface area contributed by atoms with E-state index in [9.17, 15) is 4.79 Å². The summed E-state index contributed by atoms with van der Waals surface area (Å²) >= 11 is 1.71. The Morgan fingerprint density at radius 3 is 2.73 bits per heavy atom. The van der Waals surface area contributed by atoms with Crippen LogP contribution >= 0.6 is 11.8 Å². The number of nitrogens with one attached hydrogen (secondary N) is 1. The maximum absolute atomic E-state index is 11.0. The Morgan fingerprint density at radius 2 is 2.36 bits per heavy atom. The second-order valence-electron chi connectivity index (χ2n) is 2.12. The molecular formula is C7H15NO2S. The highest BCUT2D eigenvalue weighted by molar-refractivity contribution is 7.98. The largest absolute Gasteiger partial charge is 0.372 e. The first kappa shape index (κ1) is 10.8. The predicted octanol–water partition coefficient (Wildman–Crippen LogP) is 0.500. The molecule has 1 unspecified atom stereocenters. The standard InChI is InChI=1S/C7H15NO2S/c1-8-7(9)6(10-2)4-5-11-3/h6H,4-5H2,1-3H3,(H,8,9). The Morgan fingerprint density at radius 1 is 1.73 bits per heavy atom. The van der Waals surface area contributed by atoms with Crippen molar-refractivity contribution in [2.75, 3.05) is 26.2 Å². The molecule has 66 valence electrons.